The van der Waals surface area contributed by atoms with Crippen LogP contribution in [0.5, 0.6) is 0 Å². The van der Waals surface area contributed by atoms with Gasteiger partial charge in [-0.3, -0.25) is 4.79 Å². The predicted molar refractivity (Wildman–Crippen MR) is 77.3 cm³/mol. The number of carbonyl (C=O) groups is 1. The number of hydrogen-bond acceptors (Lipinski definition) is 3. The second-order valence-corrected chi connectivity index (χ2v) is 5.95. The zero-order chi connectivity index (χ0) is 14.1. The van der Waals surface area contributed by atoms with E-state index in [1.165, 1.54) is 5.56 Å². The average Bonchev–Trinajstić information content (AvgIpc) is 2.49. The van der Waals surface area contributed by atoms with Crippen molar-refractivity contribution in [3.8, 4) is 0 Å². The Kier molecular flexibility index (Phi) is 3.76. The third kappa shape index (κ3) is 2.45. The molecule has 1 amide bonds. The van der Waals surface area contributed by atoms with E-state index in [0.29, 0.717) is 19.5 Å². The number of amides is 1. The van der Waals surface area contributed by atoms with Crippen LogP contribution in [-0.4, -0.2) is 41.7 Å². The SMILES string of the molecule is CC1CN(C(=O)C2NCCc3ccccc32)CCC1O. The van der Waals surface area contributed by atoms with Gasteiger partial charge in [0.25, 0.3) is 0 Å². The molecule has 0 spiro atoms. The topological polar surface area (TPSA) is 52.6 Å². The highest BCUT2D eigenvalue weighted by Gasteiger charge is 2.33. The van der Waals surface area contributed by atoms with Gasteiger partial charge in [0.1, 0.15) is 6.04 Å². The van der Waals surface area contributed by atoms with E-state index in [0.717, 1.165) is 18.5 Å². The summed E-state index contributed by atoms with van der Waals surface area (Å²) in [5.74, 6) is 0.308. The Labute approximate surface area is 119 Å². The van der Waals surface area contributed by atoms with Gasteiger partial charge in [0.05, 0.1) is 6.10 Å². The maximum Gasteiger partial charge on any atom is 0.244 e. The fourth-order valence-corrected chi connectivity index (χ4v) is 3.24. The van der Waals surface area contributed by atoms with E-state index in [4.69, 9.17) is 0 Å². The molecule has 4 heteroatoms. The first-order valence-electron chi connectivity index (χ1n) is 7.45. The molecule has 3 rings (SSSR count). The number of nitrogens with one attached hydrogen (secondary N) is 1. The number of aliphatic hydroxyl groups is 1. The third-order valence-corrected chi connectivity index (χ3v) is 4.53. The van der Waals surface area contributed by atoms with Crippen molar-refractivity contribution >= 4 is 5.91 Å². The number of nitrogens with zero attached hydrogens (tertiary/aromatic N) is 1. The van der Waals surface area contributed by atoms with Gasteiger partial charge in [-0.1, -0.05) is 31.2 Å². The van der Waals surface area contributed by atoms with Crippen molar-refractivity contribution in [1.82, 2.24) is 10.2 Å². The molecule has 0 radical (unpaired) electrons. The predicted octanol–water partition coefficient (Wildman–Crippen LogP) is 1.10. The number of fused-ring (bicyclic) bond motifs is 1. The molecule has 1 saturated heterocycles. The summed E-state index contributed by atoms with van der Waals surface area (Å²) in [5.41, 5.74) is 2.39. The third-order valence-electron chi connectivity index (χ3n) is 4.53. The Balaban J connectivity index is 1.78. The summed E-state index contributed by atoms with van der Waals surface area (Å²) < 4.78 is 0. The van der Waals surface area contributed by atoms with Gasteiger partial charge >= 0.3 is 0 Å². The van der Waals surface area contributed by atoms with Crippen LogP contribution >= 0.6 is 0 Å². The monoisotopic (exact) mass is 274 g/mol. The maximum absolute atomic E-state index is 12.7. The molecule has 2 heterocycles. The van der Waals surface area contributed by atoms with Crippen LogP contribution in [0.4, 0.5) is 0 Å². The summed E-state index contributed by atoms with van der Waals surface area (Å²) in [5, 5.41) is 13.1. The van der Waals surface area contributed by atoms with E-state index in [1.807, 2.05) is 30.0 Å². The summed E-state index contributed by atoms with van der Waals surface area (Å²) in [6, 6.07) is 7.97. The standard InChI is InChI=1S/C16H22N2O2/c1-11-10-18(9-7-14(11)19)16(20)15-13-5-3-2-4-12(13)6-8-17-15/h2-5,11,14-15,17,19H,6-10H2,1H3. The van der Waals surface area contributed by atoms with Crippen molar-refractivity contribution < 1.29 is 9.90 Å². The van der Waals surface area contributed by atoms with E-state index >= 15 is 0 Å². The summed E-state index contributed by atoms with van der Waals surface area (Å²) >= 11 is 0. The van der Waals surface area contributed by atoms with Crippen molar-refractivity contribution in [2.75, 3.05) is 19.6 Å². The minimum absolute atomic E-state index is 0.149. The molecule has 20 heavy (non-hydrogen) atoms. The van der Waals surface area contributed by atoms with Gasteiger partial charge < -0.3 is 15.3 Å². The fraction of sp³-hybridized carbons (Fsp3) is 0.562. The summed E-state index contributed by atoms with van der Waals surface area (Å²) in [6.07, 6.45) is 1.39. The summed E-state index contributed by atoms with van der Waals surface area (Å²) in [6.45, 7) is 4.16. The molecular formula is C16H22N2O2. The number of rotatable bonds is 1. The number of hydrogen-bond donors (Lipinski definition) is 2. The van der Waals surface area contributed by atoms with Crippen LogP contribution in [0.15, 0.2) is 24.3 Å². The zero-order valence-electron chi connectivity index (χ0n) is 11.9. The van der Waals surface area contributed by atoms with Crippen molar-refractivity contribution in [1.29, 1.82) is 0 Å². The van der Waals surface area contributed by atoms with Gasteiger partial charge in [0, 0.05) is 19.6 Å². The fourth-order valence-electron chi connectivity index (χ4n) is 3.24. The largest absolute Gasteiger partial charge is 0.393 e. The Morgan fingerprint density at radius 1 is 1.40 bits per heavy atom. The van der Waals surface area contributed by atoms with Crippen molar-refractivity contribution in [2.45, 2.75) is 31.9 Å². The van der Waals surface area contributed by atoms with Crippen LogP contribution < -0.4 is 5.32 Å². The smallest absolute Gasteiger partial charge is 0.244 e. The van der Waals surface area contributed by atoms with Gasteiger partial charge in [-0.05, 0) is 29.9 Å². The first kappa shape index (κ1) is 13.6. The lowest BCUT2D eigenvalue weighted by Gasteiger charge is -2.37. The van der Waals surface area contributed by atoms with E-state index in [9.17, 15) is 9.90 Å². The number of likely N-dealkylation sites (tertiary alicyclic amines) is 1. The first-order valence-corrected chi connectivity index (χ1v) is 7.45. The van der Waals surface area contributed by atoms with E-state index < -0.39 is 0 Å². The van der Waals surface area contributed by atoms with E-state index in [2.05, 4.69) is 11.4 Å². The Morgan fingerprint density at radius 2 is 2.20 bits per heavy atom. The van der Waals surface area contributed by atoms with Crippen LogP contribution in [0.25, 0.3) is 0 Å². The van der Waals surface area contributed by atoms with E-state index in [1.54, 1.807) is 0 Å². The lowest BCUT2D eigenvalue weighted by Crippen LogP contribution is -2.50. The quantitative estimate of drug-likeness (QED) is 0.806. The molecule has 3 atom stereocenters. The van der Waals surface area contributed by atoms with E-state index in [-0.39, 0.29) is 24.0 Å². The molecule has 0 aromatic heterocycles. The molecule has 2 aliphatic heterocycles. The maximum atomic E-state index is 12.7. The van der Waals surface area contributed by atoms with Crippen LogP contribution in [0.2, 0.25) is 0 Å². The number of piperidine rings is 1. The van der Waals surface area contributed by atoms with Crippen molar-refractivity contribution in [3.63, 3.8) is 0 Å². The van der Waals surface area contributed by atoms with Crippen LogP contribution in [0, 0.1) is 5.92 Å². The van der Waals surface area contributed by atoms with Gasteiger partial charge in [-0.25, -0.2) is 0 Å². The Hall–Kier alpha value is -1.39. The molecule has 1 aromatic rings. The van der Waals surface area contributed by atoms with Crippen LogP contribution in [0.3, 0.4) is 0 Å². The highest BCUT2D eigenvalue weighted by Crippen LogP contribution is 2.26. The number of benzene rings is 1. The van der Waals surface area contributed by atoms with Crippen molar-refractivity contribution in [3.05, 3.63) is 35.4 Å². The first-order chi connectivity index (χ1) is 9.66. The van der Waals surface area contributed by atoms with Gasteiger partial charge in [-0.15, -0.1) is 0 Å². The summed E-state index contributed by atoms with van der Waals surface area (Å²) in [7, 11) is 0. The van der Waals surface area contributed by atoms with Gasteiger partial charge in [-0.2, -0.15) is 0 Å². The average molecular weight is 274 g/mol. The molecule has 0 aliphatic carbocycles. The molecule has 1 aromatic carbocycles. The van der Waals surface area contributed by atoms with Crippen LogP contribution in [-0.2, 0) is 11.2 Å². The molecule has 1 fully saturated rings. The molecular weight excluding hydrogens is 252 g/mol. The van der Waals surface area contributed by atoms with Gasteiger partial charge in [0.2, 0.25) is 5.91 Å². The Morgan fingerprint density at radius 3 is 3.00 bits per heavy atom. The highest BCUT2D eigenvalue weighted by molar-refractivity contribution is 5.84. The highest BCUT2D eigenvalue weighted by atomic mass is 16.3. The Bertz CT molecular complexity index is 503. The number of aliphatic hydroxyl groups excluding tert-OH is 1. The summed E-state index contributed by atoms with van der Waals surface area (Å²) in [4.78, 5) is 14.6. The normalized spacial score (nSPS) is 29.9. The lowest BCUT2D eigenvalue weighted by molar-refractivity contribution is -0.137. The second-order valence-electron chi connectivity index (χ2n) is 5.95. The zero-order valence-corrected chi connectivity index (χ0v) is 11.9. The minimum Gasteiger partial charge on any atom is -0.393 e. The molecule has 0 saturated carbocycles. The minimum atomic E-state index is -0.273. The molecule has 2 aliphatic rings. The molecule has 4 nitrogen and oxygen atoms in total. The molecule has 108 valence electrons. The molecule has 2 N–H and O–H groups in total. The second kappa shape index (κ2) is 5.54. The molecule has 0 bridgehead atoms. The number of carbonyl (C=O) groups excluding carboxylic acids is 1. The van der Waals surface area contributed by atoms with Gasteiger partial charge in [0.15, 0.2) is 0 Å². The molecule has 3 unspecified atom stereocenters. The van der Waals surface area contributed by atoms with Crippen LogP contribution in [0.1, 0.15) is 30.5 Å². The lowest BCUT2D eigenvalue weighted by atomic mass is 9.91. The van der Waals surface area contributed by atoms with Crippen molar-refractivity contribution in [2.24, 2.45) is 5.92 Å².